The third kappa shape index (κ3) is 5.01. The first-order chi connectivity index (χ1) is 9.81. The molecule has 1 aromatic rings. The van der Waals surface area contributed by atoms with Gasteiger partial charge in [-0.05, 0) is 50.0 Å². The molecule has 0 amide bonds. The monoisotopic (exact) mass is 293 g/mol. The van der Waals surface area contributed by atoms with Gasteiger partial charge < -0.3 is 14.7 Å². The molecule has 0 fully saturated rings. The molecule has 0 heterocycles. The van der Waals surface area contributed by atoms with Crippen molar-refractivity contribution < 1.29 is 9.84 Å². The maximum Gasteiger partial charge on any atom is 0.124 e. The van der Waals surface area contributed by atoms with Crippen LogP contribution in [0.5, 0.6) is 5.75 Å². The van der Waals surface area contributed by atoms with Gasteiger partial charge in [0.15, 0.2) is 0 Å². The molecule has 120 valence electrons. The molecular weight excluding hydrogens is 262 g/mol. The van der Waals surface area contributed by atoms with Crippen LogP contribution in [-0.2, 0) is 5.41 Å². The van der Waals surface area contributed by atoms with Crippen molar-refractivity contribution in [2.24, 2.45) is 0 Å². The SMILES string of the molecule is CCCOc1ccc(C(C)(C)C)cc1C(CCO)N(C)C. The Kier molecular flexibility index (Phi) is 6.69. The van der Waals surface area contributed by atoms with E-state index in [1.54, 1.807) is 0 Å². The van der Waals surface area contributed by atoms with Crippen LogP contribution < -0.4 is 4.74 Å². The average Bonchev–Trinajstić information content (AvgIpc) is 2.41. The molecule has 0 aliphatic carbocycles. The van der Waals surface area contributed by atoms with E-state index in [0.29, 0.717) is 6.42 Å². The molecule has 1 unspecified atom stereocenters. The molecule has 0 spiro atoms. The number of aliphatic hydroxyl groups is 1. The number of ether oxygens (including phenoxy) is 1. The third-order valence-corrected chi connectivity index (χ3v) is 3.72. The summed E-state index contributed by atoms with van der Waals surface area (Å²) in [5, 5.41) is 9.38. The smallest absolute Gasteiger partial charge is 0.124 e. The lowest BCUT2D eigenvalue weighted by Gasteiger charge is -2.28. The fraction of sp³-hybridized carbons (Fsp3) is 0.667. The van der Waals surface area contributed by atoms with Crippen molar-refractivity contribution in [3.05, 3.63) is 29.3 Å². The van der Waals surface area contributed by atoms with Gasteiger partial charge in [-0.1, -0.05) is 33.8 Å². The summed E-state index contributed by atoms with van der Waals surface area (Å²) in [6.45, 7) is 9.66. The number of rotatable bonds is 7. The first-order valence-corrected chi connectivity index (χ1v) is 7.85. The number of nitrogens with zero attached hydrogens (tertiary/aromatic N) is 1. The quantitative estimate of drug-likeness (QED) is 0.831. The van der Waals surface area contributed by atoms with Crippen LogP contribution in [0.3, 0.4) is 0 Å². The lowest BCUT2D eigenvalue weighted by molar-refractivity contribution is 0.205. The van der Waals surface area contributed by atoms with E-state index in [1.165, 1.54) is 11.1 Å². The van der Waals surface area contributed by atoms with E-state index >= 15 is 0 Å². The summed E-state index contributed by atoms with van der Waals surface area (Å²) in [6, 6.07) is 6.65. The van der Waals surface area contributed by atoms with Gasteiger partial charge in [-0.2, -0.15) is 0 Å². The van der Waals surface area contributed by atoms with E-state index in [0.717, 1.165) is 18.8 Å². The van der Waals surface area contributed by atoms with Gasteiger partial charge in [-0.15, -0.1) is 0 Å². The maximum absolute atomic E-state index is 9.38. The minimum Gasteiger partial charge on any atom is -0.493 e. The lowest BCUT2D eigenvalue weighted by Crippen LogP contribution is -2.23. The van der Waals surface area contributed by atoms with Crippen molar-refractivity contribution in [3.8, 4) is 5.75 Å². The van der Waals surface area contributed by atoms with Crippen molar-refractivity contribution >= 4 is 0 Å². The highest BCUT2D eigenvalue weighted by atomic mass is 16.5. The summed E-state index contributed by atoms with van der Waals surface area (Å²) in [5.41, 5.74) is 2.58. The standard InChI is InChI=1S/C18H31NO2/c1-7-12-21-17-9-8-14(18(2,3)4)13-15(17)16(10-11-20)19(5)6/h8-9,13,16,20H,7,10-12H2,1-6H3. The third-order valence-electron chi connectivity index (χ3n) is 3.72. The molecule has 0 radical (unpaired) electrons. The summed E-state index contributed by atoms with van der Waals surface area (Å²) < 4.78 is 5.92. The van der Waals surface area contributed by atoms with Gasteiger partial charge in [0.2, 0.25) is 0 Å². The second-order valence-corrected chi connectivity index (χ2v) is 6.84. The predicted molar refractivity (Wildman–Crippen MR) is 89.1 cm³/mol. The predicted octanol–water partition coefficient (Wildman–Crippen LogP) is 3.76. The highest BCUT2D eigenvalue weighted by Crippen LogP contribution is 2.35. The van der Waals surface area contributed by atoms with Gasteiger partial charge in [0.25, 0.3) is 0 Å². The molecule has 21 heavy (non-hydrogen) atoms. The molecule has 0 aromatic heterocycles. The Morgan fingerprint density at radius 3 is 2.38 bits per heavy atom. The molecule has 0 saturated heterocycles. The largest absolute Gasteiger partial charge is 0.493 e. The van der Waals surface area contributed by atoms with Gasteiger partial charge in [0.1, 0.15) is 5.75 Å². The second kappa shape index (κ2) is 7.81. The van der Waals surface area contributed by atoms with E-state index in [2.05, 4.69) is 50.8 Å². The summed E-state index contributed by atoms with van der Waals surface area (Å²) in [7, 11) is 4.10. The molecular formula is C18H31NO2. The fourth-order valence-electron chi connectivity index (χ4n) is 2.43. The van der Waals surface area contributed by atoms with Crippen LogP contribution in [0.15, 0.2) is 18.2 Å². The van der Waals surface area contributed by atoms with Crippen molar-refractivity contribution in [2.75, 3.05) is 27.3 Å². The van der Waals surface area contributed by atoms with E-state index in [-0.39, 0.29) is 18.1 Å². The van der Waals surface area contributed by atoms with Gasteiger partial charge in [-0.3, -0.25) is 0 Å². The van der Waals surface area contributed by atoms with E-state index in [9.17, 15) is 5.11 Å². The zero-order valence-electron chi connectivity index (χ0n) is 14.4. The molecule has 0 aliphatic heterocycles. The molecule has 3 heteroatoms. The average molecular weight is 293 g/mol. The molecule has 1 rings (SSSR count). The Hall–Kier alpha value is -1.06. The molecule has 0 saturated carbocycles. The molecule has 0 aliphatic rings. The summed E-state index contributed by atoms with van der Waals surface area (Å²) in [5.74, 6) is 0.942. The van der Waals surface area contributed by atoms with Crippen molar-refractivity contribution in [3.63, 3.8) is 0 Å². The normalized spacial score (nSPS) is 13.5. The summed E-state index contributed by atoms with van der Waals surface area (Å²) >= 11 is 0. The Balaban J connectivity index is 3.26. The zero-order chi connectivity index (χ0) is 16.0. The van der Waals surface area contributed by atoms with E-state index in [4.69, 9.17) is 4.74 Å². The van der Waals surface area contributed by atoms with Crippen LogP contribution >= 0.6 is 0 Å². The minimum atomic E-state index is 0.105. The summed E-state index contributed by atoms with van der Waals surface area (Å²) in [6.07, 6.45) is 1.70. The Bertz CT molecular complexity index is 435. The van der Waals surface area contributed by atoms with Crippen LogP contribution in [0.2, 0.25) is 0 Å². The van der Waals surface area contributed by atoms with Gasteiger partial charge in [0, 0.05) is 18.2 Å². The van der Waals surface area contributed by atoms with Crippen molar-refractivity contribution in [2.45, 2.75) is 52.0 Å². The minimum absolute atomic E-state index is 0.105. The van der Waals surface area contributed by atoms with Gasteiger partial charge in [-0.25, -0.2) is 0 Å². The number of benzene rings is 1. The molecule has 1 aromatic carbocycles. The number of hydrogen-bond acceptors (Lipinski definition) is 3. The highest BCUT2D eigenvalue weighted by molar-refractivity contribution is 5.41. The van der Waals surface area contributed by atoms with Crippen LogP contribution in [0.4, 0.5) is 0 Å². The number of aliphatic hydroxyl groups excluding tert-OH is 1. The molecule has 1 N–H and O–H groups in total. The van der Waals surface area contributed by atoms with Crippen LogP contribution in [0, 0.1) is 0 Å². The lowest BCUT2D eigenvalue weighted by atomic mass is 9.84. The Morgan fingerprint density at radius 1 is 1.24 bits per heavy atom. The van der Waals surface area contributed by atoms with Crippen LogP contribution in [0.25, 0.3) is 0 Å². The fourth-order valence-corrected chi connectivity index (χ4v) is 2.43. The van der Waals surface area contributed by atoms with Crippen LogP contribution in [-0.4, -0.2) is 37.3 Å². The van der Waals surface area contributed by atoms with E-state index in [1.807, 2.05) is 14.1 Å². The van der Waals surface area contributed by atoms with E-state index < -0.39 is 0 Å². The molecule has 0 bridgehead atoms. The molecule has 1 atom stereocenters. The van der Waals surface area contributed by atoms with Crippen molar-refractivity contribution in [1.82, 2.24) is 4.90 Å². The van der Waals surface area contributed by atoms with Gasteiger partial charge in [0.05, 0.1) is 6.61 Å². The Morgan fingerprint density at radius 2 is 1.90 bits per heavy atom. The first kappa shape index (κ1) is 18.0. The second-order valence-electron chi connectivity index (χ2n) is 6.84. The highest BCUT2D eigenvalue weighted by Gasteiger charge is 2.22. The first-order valence-electron chi connectivity index (χ1n) is 7.85. The Labute approximate surface area is 129 Å². The number of hydrogen-bond donors (Lipinski definition) is 1. The van der Waals surface area contributed by atoms with Crippen molar-refractivity contribution in [1.29, 1.82) is 0 Å². The zero-order valence-corrected chi connectivity index (χ0v) is 14.4. The summed E-state index contributed by atoms with van der Waals surface area (Å²) in [4.78, 5) is 2.15. The topological polar surface area (TPSA) is 32.7 Å². The van der Waals surface area contributed by atoms with Gasteiger partial charge >= 0.3 is 0 Å². The maximum atomic E-state index is 9.38. The molecule has 3 nitrogen and oxygen atoms in total. The van der Waals surface area contributed by atoms with Crippen LogP contribution in [0.1, 0.15) is 57.7 Å².